The number of pyridine rings is 1. The van der Waals surface area contributed by atoms with E-state index in [1.165, 1.54) is 31.5 Å². The molecule has 1 aliphatic rings. The number of hydrogen-bond donors (Lipinski definition) is 1. The lowest BCUT2D eigenvalue weighted by Gasteiger charge is -2.34. The average molecular weight is 238 g/mol. The van der Waals surface area contributed by atoms with Crippen LogP contribution in [0.2, 0.25) is 0 Å². The number of aliphatic hydroxyl groups excluding tert-OH is 1. The van der Waals surface area contributed by atoms with Gasteiger partial charge in [-0.2, -0.15) is 0 Å². The minimum atomic E-state index is -0.318. The van der Waals surface area contributed by atoms with E-state index in [0.717, 1.165) is 18.7 Å². The Bertz CT molecular complexity index is 336. The van der Waals surface area contributed by atoms with Crippen LogP contribution in [0.1, 0.15) is 32.1 Å². The lowest BCUT2D eigenvalue weighted by molar-refractivity contribution is 0.289. The molecule has 0 aliphatic heterocycles. The van der Waals surface area contributed by atoms with Crippen LogP contribution in [-0.4, -0.2) is 29.3 Å². The number of anilines is 1. The summed E-state index contributed by atoms with van der Waals surface area (Å²) in [7, 11) is 0. The molecule has 1 N–H and O–H groups in total. The number of nitrogens with zero attached hydrogens (tertiary/aromatic N) is 2. The zero-order chi connectivity index (χ0) is 12.1. The van der Waals surface area contributed by atoms with Crippen LogP contribution in [0.3, 0.4) is 0 Å². The fourth-order valence-corrected chi connectivity index (χ4v) is 2.52. The normalized spacial score (nSPS) is 17.1. The maximum Gasteiger partial charge on any atom is 0.141 e. The van der Waals surface area contributed by atoms with Gasteiger partial charge in [-0.25, -0.2) is 9.37 Å². The van der Waals surface area contributed by atoms with Gasteiger partial charge in [0.25, 0.3) is 0 Å². The van der Waals surface area contributed by atoms with Crippen molar-refractivity contribution < 1.29 is 9.50 Å². The highest BCUT2D eigenvalue weighted by atomic mass is 19.1. The Morgan fingerprint density at radius 1 is 1.29 bits per heavy atom. The Kier molecular flexibility index (Phi) is 4.31. The quantitative estimate of drug-likeness (QED) is 0.874. The second kappa shape index (κ2) is 5.96. The highest BCUT2D eigenvalue weighted by Gasteiger charge is 2.21. The Hall–Kier alpha value is -1.16. The van der Waals surface area contributed by atoms with E-state index in [9.17, 15) is 4.39 Å². The first-order valence-electron chi connectivity index (χ1n) is 6.30. The second-order valence-electron chi connectivity index (χ2n) is 4.54. The molecule has 1 saturated carbocycles. The van der Waals surface area contributed by atoms with E-state index in [1.807, 2.05) is 0 Å². The summed E-state index contributed by atoms with van der Waals surface area (Å²) in [4.78, 5) is 6.22. The van der Waals surface area contributed by atoms with Crippen molar-refractivity contribution in [2.24, 2.45) is 0 Å². The molecule has 0 aromatic carbocycles. The van der Waals surface area contributed by atoms with Crippen molar-refractivity contribution in [3.63, 3.8) is 0 Å². The monoisotopic (exact) mass is 238 g/mol. The number of halogens is 1. The van der Waals surface area contributed by atoms with E-state index in [0.29, 0.717) is 12.6 Å². The first kappa shape index (κ1) is 12.3. The number of hydrogen-bond acceptors (Lipinski definition) is 3. The Morgan fingerprint density at radius 3 is 2.65 bits per heavy atom. The number of aromatic nitrogens is 1. The third-order valence-electron chi connectivity index (χ3n) is 3.36. The summed E-state index contributed by atoms with van der Waals surface area (Å²) < 4.78 is 12.8. The van der Waals surface area contributed by atoms with Crippen molar-refractivity contribution in [2.75, 3.05) is 18.1 Å². The van der Waals surface area contributed by atoms with E-state index in [-0.39, 0.29) is 12.4 Å². The van der Waals surface area contributed by atoms with Crippen molar-refractivity contribution in [1.82, 2.24) is 4.98 Å². The van der Waals surface area contributed by atoms with Gasteiger partial charge in [0.2, 0.25) is 0 Å². The fourth-order valence-electron chi connectivity index (χ4n) is 2.52. The van der Waals surface area contributed by atoms with Crippen molar-refractivity contribution in [1.29, 1.82) is 0 Å². The third kappa shape index (κ3) is 3.16. The van der Waals surface area contributed by atoms with Crippen molar-refractivity contribution in [2.45, 2.75) is 38.1 Å². The molecule has 0 bridgehead atoms. The SMILES string of the molecule is OCCN(c1ccc(F)cn1)C1CCCCC1. The topological polar surface area (TPSA) is 36.4 Å². The summed E-state index contributed by atoms with van der Waals surface area (Å²) in [6.45, 7) is 0.679. The molecule has 17 heavy (non-hydrogen) atoms. The molecule has 0 spiro atoms. The van der Waals surface area contributed by atoms with Crippen LogP contribution in [0, 0.1) is 5.82 Å². The van der Waals surface area contributed by atoms with Crippen LogP contribution in [0.5, 0.6) is 0 Å². The maximum absolute atomic E-state index is 12.8. The van der Waals surface area contributed by atoms with Crippen LogP contribution in [0.25, 0.3) is 0 Å². The molecule has 4 heteroatoms. The third-order valence-corrected chi connectivity index (χ3v) is 3.36. The van der Waals surface area contributed by atoms with Gasteiger partial charge < -0.3 is 10.0 Å². The standard InChI is InChI=1S/C13H19FN2O/c14-11-6-7-13(15-10-11)16(8-9-17)12-4-2-1-3-5-12/h6-7,10,12,17H,1-5,8-9H2. The van der Waals surface area contributed by atoms with Gasteiger partial charge in [-0.05, 0) is 25.0 Å². The second-order valence-corrected chi connectivity index (χ2v) is 4.54. The van der Waals surface area contributed by atoms with Gasteiger partial charge in [0, 0.05) is 12.6 Å². The molecule has 2 rings (SSSR count). The molecule has 0 unspecified atom stereocenters. The van der Waals surface area contributed by atoms with Crippen LogP contribution in [0.15, 0.2) is 18.3 Å². The van der Waals surface area contributed by atoms with Crippen LogP contribution >= 0.6 is 0 Å². The average Bonchev–Trinajstić information content (AvgIpc) is 2.38. The van der Waals surface area contributed by atoms with Crippen LogP contribution in [0.4, 0.5) is 10.2 Å². The van der Waals surface area contributed by atoms with Crippen molar-refractivity contribution >= 4 is 5.82 Å². The van der Waals surface area contributed by atoms with E-state index in [1.54, 1.807) is 6.07 Å². The Balaban J connectivity index is 2.12. The molecule has 3 nitrogen and oxygen atoms in total. The summed E-state index contributed by atoms with van der Waals surface area (Å²) in [5.41, 5.74) is 0. The van der Waals surface area contributed by atoms with Crippen molar-refractivity contribution in [3.8, 4) is 0 Å². The summed E-state index contributed by atoms with van der Waals surface area (Å²) in [6, 6.07) is 3.56. The summed E-state index contributed by atoms with van der Waals surface area (Å²) >= 11 is 0. The summed E-state index contributed by atoms with van der Waals surface area (Å²) in [6.07, 6.45) is 7.27. The smallest absolute Gasteiger partial charge is 0.141 e. The first-order valence-corrected chi connectivity index (χ1v) is 6.30. The van der Waals surface area contributed by atoms with Gasteiger partial charge in [-0.1, -0.05) is 19.3 Å². The van der Waals surface area contributed by atoms with Crippen LogP contribution < -0.4 is 4.90 Å². The molecule has 1 aromatic rings. The highest BCUT2D eigenvalue weighted by molar-refractivity contribution is 5.39. The maximum atomic E-state index is 12.8. The molecule has 94 valence electrons. The van der Waals surface area contributed by atoms with E-state index in [2.05, 4.69) is 9.88 Å². The first-order chi connectivity index (χ1) is 8.31. The van der Waals surface area contributed by atoms with Gasteiger partial charge in [0.05, 0.1) is 12.8 Å². The summed E-state index contributed by atoms with van der Waals surface area (Å²) in [5, 5.41) is 9.14. The Morgan fingerprint density at radius 2 is 2.06 bits per heavy atom. The lowest BCUT2D eigenvalue weighted by Crippen LogP contribution is -2.39. The van der Waals surface area contributed by atoms with Gasteiger partial charge in [-0.3, -0.25) is 0 Å². The zero-order valence-electron chi connectivity index (χ0n) is 9.98. The molecular weight excluding hydrogens is 219 g/mol. The molecule has 1 aliphatic carbocycles. The predicted molar refractivity (Wildman–Crippen MR) is 65.5 cm³/mol. The Labute approximate surface area is 101 Å². The molecule has 0 amide bonds. The molecule has 1 aromatic heterocycles. The van der Waals surface area contributed by atoms with Gasteiger partial charge in [-0.15, -0.1) is 0 Å². The number of rotatable bonds is 4. The molecular formula is C13H19FN2O. The minimum Gasteiger partial charge on any atom is -0.395 e. The van der Waals surface area contributed by atoms with Crippen LogP contribution in [-0.2, 0) is 0 Å². The predicted octanol–water partition coefficient (Wildman–Crippen LogP) is 2.35. The molecule has 0 saturated heterocycles. The zero-order valence-corrected chi connectivity index (χ0v) is 9.98. The van der Waals surface area contributed by atoms with Gasteiger partial charge in [0.15, 0.2) is 0 Å². The van der Waals surface area contributed by atoms with E-state index in [4.69, 9.17) is 5.11 Å². The molecule has 0 radical (unpaired) electrons. The van der Waals surface area contributed by atoms with Crippen molar-refractivity contribution in [3.05, 3.63) is 24.1 Å². The minimum absolute atomic E-state index is 0.107. The van der Waals surface area contributed by atoms with Gasteiger partial charge in [0.1, 0.15) is 11.6 Å². The lowest BCUT2D eigenvalue weighted by atomic mass is 9.94. The van der Waals surface area contributed by atoms with E-state index < -0.39 is 0 Å². The van der Waals surface area contributed by atoms with E-state index >= 15 is 0 Å². The van der Waals surface area contributed by atoms with Gasteiger partial charge >= 0.3 is 0 Å². The highest BCUT2D eigenvalue weighted by Crippen LogP contribution is 2.25. The fraction of sp³-hybridized carbons (Fsp3) is 0.615. The largest absolute Gasteiger partial charge is 0.395 e. The molecule has 1 heterocycles. The summed E-state index contributed by atoms with van der Waals surface area (Å²) in [5.74, 6) is 0.452. The molecule has 1 fully saturated rings. The number of aliphatic hydroxyl groups is 1. The molecule has 0 atom stereocenters.